The van der Waals surface area contributed by atoms with Gasteiger partial charge in [0, 0.05) is 39.2 Å². The maximum Gasteiger partial charge on any atom is 0.317 e. The number of nitrogens with one attached hydrogen (secondary N) is 1. The van der Waals surface area contributed by atoms with Crippen LogP contribution < -0.4 is 5.32 Å². The van der Waals surface area contributed by atoms with E-state index in [1.807, 2.05) is 9.80 Å². The summed E-state index contributed by atoms with van der Waals surface area (Å²) < 4.78 is 5.58. The average molecular weight is 323 g/mol. The van der Waals surface area contributed by atoms with Crippen molar-refractivity contribution in [3.63, 3.8) is 0 Å². The van der Waals surface area contributed by atoms with Crippen LogP contribution in [-0.4, -0.2) is 66.2 Å². The molecule has 0 spiro atoms. The average Bonchev–Trinajstić information content (AvgIpc) is 3.03. The molecule has 3 rings (SSSR count). The van der Waals surface area contributed by atoms with Crippen LogP contribution in [-0.2, 0) is 9.53 Å². The lowest BCUT2D eigenvalue weighted by atomic mass is 10.2. The molecule has 1 aliphatic carbocycles. The van der Waals surface area contributed by atoms with Crippen molar-refractivity contribution in [2.45, 2.75) is 70.1 Å². The third kappa shape index (κ3) is 4.37. The molecule has 1 saturated carbocycles. The Morgan fingerprint density at radius 3 is 2.70 bits per heavy atom. The van der Waals surface area contributed by atoms with Gasteiger partial charge in [0.1, 0.15) is 0 Å². The van der Waals surface area contributed by atoms with E-state index >= 15 is 0 Å². The van der Waals surface area contributed by atoms with Gasteiger partial charge in [-0.2, -0.15) is 0 Å². The van der Waals surface area contributed by atoms with Crippen LogP contribution in [0.5, 0.6) is 0 Å². The summed E-state index contributed by atoms with van der Waals surface area (Å²) in [5, 5.41) is 3.03. The van der Waals surface area contributed by atoms with E-state index in [2.05, 4.69) is 5.32 Å². The second-order valence-electron chi connectivity index (χ2n) is 7.05. The number of carbonyl (C=O) groups is 2. The summed E-state index contributed by atoms with van der Waals surface area (Å²) in [7, 11) is 0. The zero-order valence-electron chi connectivity index (χ0n) is 14.1. The third-order valence-corrected chi connectivity index (χ3v) is 5.20. The summed E-state index contributed by atoms with van der Waals surface area (Å²) in [6.07, 6.45) is 7.70. The van der Waals surface area contributed by atoms with Gasteiger partial charge < -0.3 is 19.9 Å². The van der Waals surface area contributed by atoms with Crippen LogP contribution in [0, 0.1) is 0 Å². The van der Waals surface area contributed by atoms with Gasteiger partial charge in [0.05, 0.1) is 12.1 Å². The molecule has 1 N–H and O–H groups in total. The van der Waals surface area contributed by atoms with Crippen LogP contribution in [0.2, 0.25) is 0 Å². The minimum absolute atomic E-state index is 0.0183. The fraction of sp³-hybridized carbons (Fsp3) is 0.882. The molecule has 3 fully saturated rings. The van der Waals surface area contributed by atoms with Crippen LogP contribution >= 0.6 is 0 Å². The molecule has 130 valence electrons. The molecular weight excluding hydrogens is 294 g/mol. The Kier molecular flexibility index (Phi) is 5.41. The lowest BCUT2D eigenvalue weighted by Gasteiger charge is -2.30. The van der Waals surface area contributed by atoms with Gasteiger partial charge >= 0.3 is 6.03 Å². The summed E-state index contributed by atoms with van der Waals surface area (Å²) >= 11 is 0. The quantitative estimate of drug-likeness (QED) is 0.810. The van der Waals surface area contributed by atoms with Gasteiger partial charge in [-0.25, -0.2) is 4.79 Å². The first kappa shape index (κ1) is 16.6. The van der Waals surface area contributed by atoms with Crippen LogP contribution in [0.1, 0.15) is 51.9 Å². The Bertz CT molecular complexity index is 433. The van der Waals surface area contributed by atoms with E-state index in [0.29, 0.717) is 25.2 Å². The van der Waals surface area contributed by atoms with Gasteiger partial charge in [-0.15, -0.1) is 0 Å². The van der Waals surface area contributed by atoms with E-state index in [-0.39, 0.29) is 18.0 Å². The van der Waals surface area contributed by atoms with Crippen LogP contribution in [0.4, 0.5) is 4.79 Å². The Balaban J connectivity index is 1.45. The van der Waals surface area contributed by atoms with Gasteiger partial charge in [-0.05, 0) is 44.9 Å². The molecule has 2 saturated heterocycles. The number of hydrogen-bond acceptors (Lipinski definition) is 3. The van der Waals surface area contributed by atoms with Crippen molar-refractivity contribution in [1.29, 1.82) is 0 Å². The van der Waals surface area contributed by atoms with Crippen LogP contribution in [0.25, 0.3) is 0 Å². The molecule has 2 aliphatic heterocycles. The molecule has 0 radical (unpaired) electrons. The molecule has 2 atom stereocenters. The Labute approximate surface area is 138 Å². The molecule has 0 unspecified atom stereocenters. The second kappa shape index (κ2) is 7.51. The van der Waals surface area contributed by atoms with E-state index < -0.39 is 0 Å². The largest absolute Gasteiger partial charge is 0.378 e. The lowest BCUT2D eigenvalue weighted by molar-refractivity contribution is -0.130. The van der Waals surface area contributed by atoms with Crippen LogP contribution in [0.15, 0.2) is 0 Å². The minimum atomic E-state index is 0.0183. The molecule has 0 aromatic carbocycles. The summed E-state index contributed by atoms with van der Waals surface area (Å²) in [6.45, 7) is 4.66. The van der Waals surface area contributed by atoms with Crippen molar-refractivity contribution in [2.24, 2.45) is 0 Å². The van der Waals surface area contributed by atoms with Crippen molar-refractivity contribution in [2.75, 3.05) is 26.2 Å². The molecule has 6 heteroatoms. The maximum absolute atomic E-state index is 12.4. The molecule has 23 heavy (non-hydrogen) atoms. The number of hydrogen-bond donors (Lipinski definition) is 1. The predicted octanol–water partition coefficient (Wildman–Crippen LogP) is 1.74. The Morgan fingerprint density at radius 2 is 2.04 bits per heavy atom. The van der Waals surface area contributed by atoms with Crippen LogP contribution in [0.3, 0.4) is 0 Å². The summed E-state index contributed by atoms with van der Waals surface area (Å²) in [5.74, 6) is 0.137. The normalized spacial score (nSPS) is 27.3. The highest BCUT2D eigenvalue weighted by molar-refractivity contribution is 5.76. The smallest absolute Gasteiger partial charge is 0.317 e. The first-order chi connectivity index (χ1) is 11.1. The maximum atomic E-state index is 12.4. The SMILES string of the molecule is CC(=O)N(C[C@H]1CCCN1C(=O)NCC[C@H]1CCCO1)C1CC1. The monoisotopic (exact) mass is 323 g/mol. The second-order valence-corrected chi connectivity index (χ2v) is 7.05. The fourth-order valence-corrected chi connectivity index (χ4v) is 3.75. The molecule has 0 aromatic rings. The van der Waals surface area contributed by atoms with Crippen molar-refractivity contribution in [1.82, 2.24) is 15.1 Å². The first-order valence-corrected chi connectivity index (χ1v) is 9.08. The summed E-state index contributed by atoms with van der Waals surface area (Å²) in [6, 6.07) is 0.601. The third-order valence-electron chi connectivity index (χ3n) is 5.20. The first-order valence-electron chi connectivity index (χ1n) is 9.08. The number of amides is 3. The number of urea groups is 1. The van der Waals surface area contributed by atoms with E-state index in [9.17, 15) is 9.59 Å². The van der Waals surface area contributed by atoms with Crippen molar-refractivity contribution >= 4 is 11.9 Å². The molecule has 3 aliphatic rings. The molecular formula is C17H29N3O3. The van der Waals surface area contributed by atoms with Gasteiger partial charge in [0.25, 0.3) is 0 Å². The van der Waals surface area contributed by atoms with Gasteiger partial charge in [0.15, 0.2) is 0 Å². The van der Waals surface area contributed by atoms with Gasteiger partial charge in [0.2, 0.25) is 5.91 Å². The summed E-state index contributed by atoms with van der Waals surface area (Å²) in [4.78, 5) is 28.1. The number of nitrogens with zero attached hydrogens (tertiary/aromatic N) is 2. The Morgan fingerprint density at radius 1 is 1.22 bits per heavy atom. The number of ether oxygens (including phenoxy) is 1. The van der Waals surface area contributed by atoms with Gasteiger partial charge in [-0.3, -0.25) is 4.79 Å². The highest BCUT2D eigenvalue weighted by Gasteiger charge is 2.36. The van der Waals surface area contributed by atoms with Crippen molar-refractivity contribution in [3.05, 3.63) is 0 Å². The molecule has 3 amide bonds. The molecule has 0 bridgehead atoms. The number of carbonyl (C=O) groups excluding carboxylic acids is 2. The lowest BCUT2D eigenvalue weighted by Crippen LogP contribution is -2.49. The predicted molar refractivity (Wildman–Crippen MR) is 87.1 cm³/mol. The fourth-order valence-electron chi connectivity index (χ4n) is 3.75. The molecule has 2 heterocycles. The summed E-state index contributed by atoms with van der Waals surface area (Å²) in [5.41, 5.74) is 0. The number of rotatable bonds is 6. The highest BCUT2D eigenvalue weighted by atomic mass is 16.5. The zero-order valence-corrected chi connectivity index (χ0v) is 14.1. The zero-order chi connectivity index (χ0) is 16.2. The number of likely N-dealkylation sites (tertiary alicyclic amines) is 1. The van der Waals surface area contributed by atoms with E-state index in [4.69, 9.17) is 4.74 Å². The standard InChI is InChI=1S/C17H29N3O3/c1-13(21)20(14-6-7-14)12-15-4-2-10-19(15)17(22)18-9-8-16-5-3-11-23-16/h14-16H,2-12H2,1H3,(H,18,22)/t15-,16-/m1/s1. The van der Waals surface area contributed by atoms with E-state index in [1.165, 1.54) is 0 Å². The minimum Gasteiger partial charge on any atom is -0.378 e. The van der Waals surface area contributed by atoms with Gasteiger partial charge in [-0.1, -0.05) is 0 Å². The molecule has 6 nitrogen and oxygen atoms in total. The van der Waals surface area contributed by atoms with Crippen molar-refractivity contribution in [3.8, 4) is 0 Å². The van der Waals surface area contributed by atoms with E-state index in [0.717, 1.165) is 58.1 Å². The highest BCUT2D eigenvalue weighted by Crippen LogP contribution is 2.29. The molecule has 0 aromatic heterocycles. The van der Waals surface area contributed by atoms with Crippen molar-refractivity contribution < 1.29 is 14.3 Å². The van der Waals surface area contributed by atoms with E-state index in [1.54, 1.807) is 6.92 Å². The topological polar surface area (TPSA) is 61.9 Å². The Hall–Kier alpha value is -1.30.